The summed E-state index contributed by atoms with van der Waals surface area (Å²) >= 11 is 0. The molecule has 29 heavy (non-hydrogen) atoms. The number of aryl methyl sites for hydroxylation is 1. The molecule has 1 saturated heterocycles. The van der Waals surface area contributed by atoms with Crippen molar-refractivity contribution in [2.24, 2.45) is 0 Å². The van der Waals surface area contributed by atoms with E-state index in [2.05, 4.69) is 19.2 Å². The molecule has 0 saturated carbocycles. The van der Waals surface area contributed by atoms with Crippen molar-refractivity contribution in [2.75, 3.05) is 32.7 Å². The van der Waals surface area contributed by atoms with Crippen molar-refractivity contribution < 1.29 is 14.2 Å². The predicted molar refractivity (Wildman–Crippen MR) is 113 cm³/mol. The molecule has 0 spiro atoms. The second kappa shape index (κ2) is 8.29. The lowest BCUT2D eigenvalue weighted by Crippen LogP contribution is -2.21. The van der Waals surface area contributed by atoms with E-state index >= 15 is 0 Å². The lowest BCUT2D eigenvalue weighted by Gasteiger charge is -2.17. The monoisotopic (exact) mass is 396 g/mol. The van der Waals surface area contributed by atoms with Crippen LogP contribution in [0, 0.1) is 6.92 Å². The molecule has 0 unspecified atom stereocenters. The van der Waals surface area contributed by atoms with Gasteiger partial charge in [0.05, 0.1) is 26.0 Å². The van der Waals surface area contributed by atoms with Crippen LogP contribution in [0.2, 0.25) is 0 Å². The zero-order valence-corrected chi connectivity index (χ0v) is 17.5. The molecule has 1 aliphatic heterocycles. The van der Waals surface area contributed by atoms with Crippen molar-refractivity contribution in [1.29, 1.82) is 0 Å². The number of hydrogen-bond acceptors (Lipinski definition) is 6. The highest BCUT2D eigenvalue weighted by Crippen LogP contribution is 2.31. The first kappa shape index (κ1) is 19.5. The van der Waals surface area contributed by atoms with E-state index in [1.165, 1.54) is 5.56 Å². The molecule has 7 nitrogen and oxygen atoms in total. The van der Waals surface area contributed by atoms with Crippen LogP contribution in [-0.2, 0) is 11.2 Å². The van der Waals surface area contributed by atoms with Gasteiger partial charge in [-0.15, -0.1) is 0 Å². The van der Waals surface area contributed by atoms with E-state index in [-0.39, 0.29) is 6.10 Å². The van der Waals surface area contributed by atoms with Crippen LogP contribution in [0.15, 0.2) is 24.3 Å². The fraction of sp³-hybridized carbons (Fsp3) is 0.455. The van der Waals surface area contributed by atoms with E-state index in [0.717, 1.165) is 72.3 Å². The molecule has 7 heteroatoms. The summed E-state index contributed by atoms with van der Waals surface area (Å²) in [5.74, 6) is 2.45. The van der Waals surface area contributed by atoms with Gasteiger partial charge >= 0.3 is 0 Å². The van der Waals surface area contributed by atoms with Gasteiger partial charge in [0.15, 0.2) is 5.65 Å². The van der Waals surface area contributed by atoms with Gasteiger partial charge in [-0.05, 0) is 38.3 Å². The van der Waals surface area contributed by atoms with Crippen molar-refractivity contribution in [3.63, 3.8) is 0 Å². The third-order valence-corrected chi connectivity index (χ3v) is 5.43. The van der Waals surface area contributed by atoms with Crippen molar-refractivity contribution >= 4 is 11.5 Å². The standard InChI is InChI=1S/C22H28N4O3/c1-5-19-14(2)24-21-12-20(15-9-17(27-3)11-18(10-15)28-4)25-26(21)22(19)23-13-16-7-6-8-29-16/h9-12,16,23H,5-8,13H2,1-4H3/t16-/m1/s1. The van der Waals surface area contributed by atoms with Crippen LogP contribution >= 0.6 is 0 Å². The average Bonchev–Trinajstić information content (AvgIpc) is 3.41. The summed E-state index contributed by atoms with van der Waals surface area (Å²) in [6, 6.07) is 7.76. The van der Waals surface area contributed by atoms with Gasteiger partial charge in [-0.2, -0.15) is 9.61 Å². The molecule has 1 aromatic carbocycles. The van der Waals surface area contributed by atoms with Gasteiger partial charge in [0, 0.05) is 42.1 Å². The molecule has 0 amide bonds. The van der Waals surface area contributed by atoms with Crippen LogP contribution in [0.25, 0.3) is 16.9 Å². The Kier molecular flexibility index (Phi) is 5.58. The maximum atomic E-state index is 5.78. The van der Waals surface area contributed by atoms with Crippen LogP contribution in [0.4, 0.5) is 5.82 Å². The van der Waals surface area contributed by atoms with Crippen LogP contribution in [0.3, 0.4) is 0 Å². The normalized spacial score (nSPS) is 16.3. The van der Waals surface area contributed by atoms with Gasteiger partial charge in [-0.1, -0.05) is 6.92 Å². The van der Waals surface area contributed by atoms with Crippen molar-refractivity contribution in [3.05, 3.63) is 35.5 Å². The summed E-state index contributed by atoms with van der Waals surface area (Å²) in [7, 11) is 3.29. The smallest absolute Gasteiger partial charge is 0.158 e. The second-order valence-electron chi connectivity index (χ2n) is 7.29. The Balaban J connectivity index is 1.77. The Morgan fingerprint density at radius 1 is 1.17 bits per heavy atom. The fourth-order valence-corrected chi connectivity index (χ4v) is 3.87. The molecule has 1 N–H and O–H groups in total. The van der Waals surface area contributed by atoms with Crippen molar-refractivity contribution in [1.82, 2.24) is 14.6 Å². The van der Waals surface area contributed by atoms with Crippen molar-refractivity contribution in [2.45, 2.75) is 39.2 Å². The first-order chi connectivity index (χ1) is 14.1. The van der Waals surface area contributed by atoms with E-state index in [9.17, 15) is 0 Å². The topological polar surface area (TPSA) is 69.9 Å². The predicted octanol–water partition coefficient (Wildman–Crippen LogP) is 3.88. The number of benzene rings is 1. The van der Waals surface area contributed by atoms with Crippen LogP contribution in [-0.4, -0.2) is 48.1 Å². The molecule has 1 aliphatic rings. The first-order valence-electron chi connectivity index (χ1n) is 10.1. The molecular weight excluding hydrogens is 368 g/mol. The summed E-state index contributed by atoms with van der Waals surface area (Å²) in [4.78, 5) is 4.78. The zero-order valence-electron chi connectivity index (χ0n) is 17.5. The minimum atomic E-state index is 0.251. The van der Waals surface area contributed by atoms with Gasteiger partial charge in [-0.25, -0.2) is 4.98 Å². The summed E-state index contributed by atoms with van der Waals surface area (Å²) in [5, 5.41) is 8.45. The van der Waals surface area contributed by atoms with Crippen LogP contribution < -0.4 is 14.8 Å². The lowest BCUT2D eigenvalue weighted by molar-refractivity contribution is 0.120. The summed E-state index contributed by atoms with van der Waals surface area (Å²) in [6.07, 6.45) is 3.35. The van der Waals surface area contributed by atoms with E-state index in [1.807, 2.05) is 28.8 Å². The minimum Gasteiger partial charge on any atom is -0.497 e. The van der Waals surface area contributed by atoms with Crippen LogP contribution in [0.1, 0.15) is 31.0 Å². The Labute approximate surface area is 171 Å². The number of nitrogens with one attached hydrogen (secondary N) is 1. The number of rotatable bonds is 7. The molecule has 154 valence electrons. The Bertz CT molecular complexity index is 987. The third kappa shape index (κ3) is 3.87. The number of fused-ring (bicyclic) bond motifs is 1. The summed E-state index contributed by atoms with van der Waals surface area (Å²) in [5.41, 5.74) is 4.75. The van der Waals surface area contributed by atoms with Gasteiger partial charge in [0.25, 0.3) is 0 Å². The summed E-state index contributed by atoms with van der Waals surface area (Å²) < 4.78 is 18.5. The highest BCUT2D eigenvalue weighted by atomic mass is 16.5. The largest absolute Gasteiger partial charge is 0.497 e. The quantitative estimate of drug-likeness (QED) is 0.654. The molecule has 2 aromatic heterocycles. The van der Waals surface area contributed by atoms with Crippen molar-refractivity contribution in [3.8, 4) is 22.8 Å². The third-order valence-electron chi connectivity index (χ3n) is 5.43. The zero-order chi connectivity index (χ0) is 20.4. The van der Waals surface area contributed by atoms with Gasteiger partial charge in [0.2, 0.25) is 0 Å². The molecule has 0 aliphatic carbocycles. The maximum Gasteiger partial charge on any atom is 0.158 e. The number of anilines is 1. The Hall–Kier alpha value is -2.80. The van der Waals surface area contributed by atoms with Gasteiger partial charge < -0.3 is 19.5 Å². The molecule has 3 aromatic rings. The lowest BCUT2D eigenvalue weighted by atomic mass is 10.1. The van der Waals surface area contributed by atoms with E-state index < -0.39 is 0 Å². The van der Waals surface area contributed by atoms with E-state index in [4.69, 9.17) is 24.3 Å². The molecule has 0 radical (unpaired) electrons. The second-order valence-corrected chi connectivity index (χ2v) is 7.29. The Morgan fingerprint density at radius 2 is 1.93 bits per heavy atom. The highest BCUT2D eigenvalue weighted by molar-refractivity contribution is 5.69. The number of methoxy groups -OCH3 is 2. The minimum absolute atomic E-state index is 0.251. The Morgan fingerprint density at radius 3 is 2.55 bits per heavy atom. The van der Waals surface area contributed by atoms with Gasteiger partial charge in [-0.3, -0.25) is 0 Å². The average molecular weight is 396 g/mol. The number of hydrogen-bond donors (Lipinski definition) is 1. The van der Waals surface area contributed by atoms with E-state index in [1.54, 1.807) is 14.2 Å². The molecule has 3 heterocycles. The first-order valence-corrected chi connectivity index (χ1v) is 10.1. The molecule has 1 fully saturated rings. The molecular formula is C22H28N4O3. The van der Waals surface area contributed by atoms with Crippen LogP contribution in [0.5, 0.6) is 11.5 Å². The maximum absolute atomic E-state index is 5.78. The number of nitrogens with zero attached hydrogens (tertiary/aromatic N) is 3. The highest BCUT2D eigenvalue weighted by Gasteiger charge is 2.19. The van der Waals surface area contributed by atoms with Gasteiger partial charge in [0.1, 0.15) is 17.3 Å². The summed E-state index contributed by atoms with van der Waals surface area (Å²) in [6.45, 7) is 5.82. The molecule has 0 bridgehead atoms. The SMILES string of the molecule is CCc1c(C)nc2cc(-c3cc(OC)cc(OC)c3)nn2c1NC[C@H]1CCCO1. The van der Waals surface area contributed by atoms with E-state index in [0.29, 0.717) is 0 Å². The number of ether oxygens (including phenoxy) is 3. The molecule has 4 rings (SSSR count). The fourth-order valence-electron chi connectivity index (χ4n) is 3.87. The molecule has 1 atom stereocenters. The number of aromatic nitrogens is 3.